The van der Waals surface area contributed by atoms with Crippen molar-refractivity contribution in [3.8, 4) is 0 Å². The minimum atomic E-state index is -0.509. The predicted octanol–water partition coefficient (Wildman–Crippen LogP) is 4.22. The molecule has 1 amide bonds. The van der Waals surface area contributed by atoms with Gasteiger partial charge in [-0.2, -0.15) is 0 Å². The molecule has 1 fully saturated rings. The lowest BCUT2D eigenvalue weighted by Gasteiger charge is -2.28. The molecule has 1 aliphatic carbocycles. The van der Waals surface area contributed by atoms with E-state index in [0.717, 1.165) is 42.2 Å². The Morgan fingerprint density at radius 3 is 2.50 bits per heavy atom. The van der Waals surface area contributed by atoms with E-state index in [1.54, 1.807) is 7.11 Å². The summed E-state index contributed by atoms with van der Waals surface area (Å²) in [6.07, 6.45) is 1.76. The second kappa shape index (κ2) is 12.3. The Balaban J connectivity index is 0.00000450. The van der Waals surface area contributed by atoms with Crippen LogP contribution in [0.15, 0.2) is 23.2 Å². The van der Waals surface area contributed by atoms with E-state index < -0.39 is 5.60 Å². The van der Waals surface area contributed by atoms with E-state index in [2.05, 4.69) is 21.7 Å². The van der Waals surface area contributed by atoms with Crippen LogP contribution in [0.1, 0.15) is 51.7 Å². The van der Waals surface area contributed by atoms with Crippen LogP contribution in [0.3, 0.4) is 0 Å². The summed E-state index contributed by atoms with van der Waals surface area (Å²) >= 11 is 0. The van der Waals surface area contributed by atoms with Crippen molar-refractivity contribution in [3.05, 3.63) is 29.3 Å². The average Bonchev–Trinajstić information content (AvgIpc) is 3.45. The molecular formula is C22H37IN4O3. The van der Waals surface area contributed by atoms with Crippen LogP contribution in [0.2, 0.25) is 0 Å². The van der Waals surface area contributed by atoms with Crippen molar-refractivity contribution in [3.63, 3.8) is 0 Å². The molecular weight excluding hydrogens is 495 g/mol. The molecule has 1 aromatic rings. The highest BCUT2D eigenvalue weighted by Gasteiger charge is 2.37. The smallest absolute Gasteiger partial charge is 0.415 e. The molecule has 2 N–H and O–H groups in total. The Morgan fingerprint density at radius 2 is 1.97 bits per heavy atom. The molecule has 0 aromatic heterocycles. The van der Waals surface area contributed by atoms with Crippen molar-refractivity contribution < 1.29 is 14.3 Å². The highest BCUT2D eigenvalue weighted by Crippen LogP contribution is 2.35. The first-order valence-electron chi connectivity index (χ1n) is 10.4. The number of methoxy groups -OCH3 is 1. The third kappa shape index (κ3) is 8.67. The maximum absolute atomic E-state index is 12.7. The van der Waals surface area contributed by atoms with Crippen LogP contribution in [0.4, 0.5) is 10.5 Å². The first kappa shape index (κ1) is 26.5. The zero-order valence-corrected chi connectivity index (χ0v) is 21.4. The maximum atomic E-state index is 12.7. The first-order valence-corrected chi connectivity index (χ1v) is 10.4. The molecule has 170 valence electrons. The van der Waals surface area contributed by atoms with Crippen LogP contribution in [0.5, 0.6) is 0 Å². The summed E-state index contributed by atoms with van der Waals surface area (Å²) in [7, 11) is 1.68. The number of aliphatic imine (C=N–C) groups is 1. The fraction of sp³-hybridized carbons (Fsp3) is 0.636. The minimum Gasteiger partial charge on any atom is -0.443 e. The number of ether oxygens (including phenoxy) is 2. The van der Waals surface area contributed by atoms with Gasteiger partial charge in [0.25, 0.3) is 0 Å². The minimum absolute atomic E-state index is 0. The van der Waals surface area contributed by atoms with Gasteiger partial charge < -0.3 is 20.1 Å². The highest BCUT2D eigenvalue weighted by molar-refractivity contribution is 14.0. The molecule has 0 bridgehead atoms. The van der Waals surface area contributed by atoms with Crippen LogP contribution < -0.4 is 15.5 Å². The van der Waals surface area contributed by atoms with E-state index in [1.807, 2.05) is 51.7 Å². The van der Waals surface area contributed by atoms with Gasteiger partial charge in [-0.25, -0.2) is 9.79 Å². The largest absolute Gasteiger partial charge is 0.443 e. The molecule has 0 spiro atoms. The molecule has 0 heterocycles. The third-order valence-corrected chi connectivity index (χ3v) is 4.39. The van der Waals surface area contributed by atoms with Gasteiger partial charge in [-0.05, 0) is 64.7 Å². The van der Waals surface area contributed by atoms with E-state index in [9.17, 15) is 4.79 Å². The van der Waals surface area contributed by atoms with Gasteiger partial charge >= 0.3 is 6.09 Å². The highest BCUT2D eigenvalue weighted by atomic mass is 127. The molecule has 1 aromatic carbocycles. The van der Waals surface area contributed by atoms with Crippen LogP contribution in [-0.2, 0) is 16.0 Å². The van der Waals surface area contributed by atoms with E-state index in [4.69, 9.17) is 9.47 Å². The standard InChI is InChI=1S/C22H36N4O3.HI/c1-7-23-20(24-12-13-28-6)25-15-17-8-11-19(16(2)14-17)26(18-9-10-18)21(27)29-22(3,4)5;/h8,11,14,18H,7,9-10,12-13,15H2,1-6H3,(H2,23,24,25);1H. The number of halogens is 1. The molecule has 0 unspecified atom stereocenters. The van der Waals surface area contributed by atoms with E-state index in [0.29, 0.717) is 19.7 Å². The normalized spacial score (nSPS) is 14.0. The van der Waals surface area contributed by atoms with E-state index in [-0.39, 0.29) is 36.1 Å². The van der Waals surface area contributed by atoms with Gasteiger partial charge in [0, 0.05) is 26.2 Å². The van der Waals surface area contributed by atoms with Crippen molar-refractivity contribution in [2.24, 2.45) is 4.99 Å². The monoisotopic (exact) mass is 532 g/mol. The van der Waals surface area contributed by atoms with Crippen LogP contribution in [0, 0.1) is 6.92 Å². The summed E-state index contributed by atoms with van der Waals surface area (Å²) < 4.78 is 10.7. The van der Waals surface area contributed by atoms with Gasteiger partial charge in [-0.15, -0.1) is 24.0 Å². The molecule has 0 saturated heterocycles. The number of nitrogens with one attached hydrogen (secondary N) is 2. The quantitative estimate of drug-likeness (QED) is 0.227. The number of amides is 1. The molecule has 0 aliphatic heterocycles. The maximum Gasteiger partial charge on any atom is 0.415 e. The Kier molecular flexibility index (Phi) is 10.9. The van der Waals surface area contributed by atoms with Gasteiger partial charge in [-0.3, -0.25) is 4.90 Å². The number of anilines is 1. The Hall–Kier alpha value is -1.55. The number of guanidine groups is 1. The fourth-order valence-corrected chi connectivity index (χ4v) is 2.96. The summed E-state index contributed by atoms with van der Waals surface area (Å²) in [6.45, 7) is 12.4. The van der Waals surface area contributed by atoms with Crippen LogP contribution >= 0.6 is 24.0 Å². The van der Waals surface area contributed by atoms with Crippen molar-refractivity contribution >= 4 is 41.7 Å². The van der Waals surface area contributed by atoms with Crippen molar-refractivity contribution in [2.45, 2.75) is 65.6 Å². The van der Waals surface area contributed by atoms with Gasteiger partial charge in [0.15, 0.2) is 5.96 Å². The summed E-state index contributed by atoms with van der Waals surface area (Å²) in [4.78, 5) is 19.2. The number of nitrogens with zero attached hydrogens (tertiary/aromatic N) is 2. The molecule has 2 rings (SSSR count). The van der Waals surface area contributed by atoms with Crippen molar-refractivity contribution in [1.82, 2.24) is 10.6 Å². The van der Waals surface area contributed by atoms with Gasteiger partial charge in [-0.1, -0.05) is 12.1 Å². The number of rotatable bonds is 8. The van der Waals surface area contributed by atoms with Gasteiger partial charge in [0.2, 0.25) is 0 Å². The molecule has 8 heteroatoms. The van der Waals surface area contributed by atoms with Crippen molar-refractivity contribution in [2.75, 3.05) is 31.7 Å². The fourth-order valence-electron chi connectivity index (χ4n) is 2.96. The number of carbonyl (C=O) groups excluding carboxylic acids is 1. The Bertz CT molecular complexity index is 715. The molecule has 0 radical (unpaired) electrons. The number of aryl methyl sites for hydroxylation is 1. The Labute approximate surface area is 198 Å². The lowest BCUT2D eigenvalue weighted by Crippen LogP contribution is -2.39. The number of hydrogen-bond donors (Lipinski definition) is 2. The topological polar surface area (TPSA) is 75.2 Å². The zero-order valence-electron chi connectivity index (χ0n) is 19.1. The van der Waals surface area contributed by atoms with E-state index >= 15 is 0 Å². The number of benzene rings is 1. The SMILES string of the molecule is CCNC(=NCc1ccc(N(C(=O)OC(C)(C)C)C2CC2)c(C)c1)NCCOC.I. The summed E-state index contributed by atoms with van der Waals surface area (Å²) in [5.74, 6) is 0.764. The zero-order chi connectivity index (χ0) is 21.4. The number of hydrogen-bond acceptors (Lipinski definition) is 4. The van der Waals surface area contributed by atoms with Gasteiger partial charge in [0.05, 0.1) is 18.8 Å². The van der Waals surface area contributed by atoms with E-state index in [1.165, 1.54) is 0 Å². The molecule has 1 saturated carbocycles. The van der Waals surface area contributed by atoms with Gasteiger partial charge in [0.1, 0.15) is 5.60 Å². The molecule has 30 heavy (non-hydrogen) atoms. The summed E-state index contributed by atoms with van der Waals surface area (Å²) in [6, 6.07) is 6.37. The summed E-state index contributed by atoms with van der Waals surface area (Å²) in [5, 5.41) is 6.47. The van der Waals surface area contributed by atoms with Crippen LogP contribution in [0.25, 0.3) is 0 Å². The van der Waals surface area contributed by atoms with Crippen LogP contribution in [-0.4, -0.2) is 50.5 Å². The molecule has 7 nitrogen and oxygen atoms in total. The lowest BCUT2D eigenvalue weighted by atomic mass is 10.1. The third-order valence-electron chi connectivity index (χ3n) is 4.39. The number of carbonyl (C=O) groups is 1. The second-order valence-corrected chi connectivity index (χ2v) is 8.32. The summed E-state index contributed by atoms with van der Waals surface area (Å²) in [5.41, 5.74) is 2.55. The molecule has 1 aliphatic rings. The lowest BCUT2D eigenvalue weighted by molar-refractivity contribution is 0.0577. The second-order valence-electron chi connectivity index (χ2n) is 8.32. The average molecular weight is 532 g/mol. The Morgan fingerprint density at radius 1 is 1.27 bits per heavy atom. The first-order chi connectivity index (χ1) is 13.7. The molecule has 0 atom stereocenters. The van der Waals surface area contributed by atoms with Crippen molar-refractivity contribution in [1.29, 1.82) is 0 Å². The predicted molar refractivity (Wildman–Crippen MR) is 133 cm³/mol.